The largest absolute Gasteiger partial charge is 0.462 e. The quantitative estimate of drug-likeness (QED) is 0.696. The molecule has 132 valence electrons. The van der Waals surface area contributed by atoms with E-state index in [1.165, 1.54) is 6.20 Å². The van der Waals surface area contributed by atoms with E-state index in [1.807, 2.05) is 25.1 Å². The summed E-state index contributed by atoms with van der Waals surface area (Å²) in [5.74, 6) is -0.462. The van der Waals surface area contributed by atoms with Crippen molar-refractivity contribution in [2.45, 2.75) is 13.8 Å². The standard InChI is InChI=1S/C19H16N4O2.ClH/c1-3-25-19(24)16-11-21-18-15(8-7-12(2)22-18)17(16)23-14-6-4-5-13(9-14)10-20;/h4-9,11H,3H2,1-2H3,(H,21,22,23);1H. The van der Waals surface area contributed by atoms with E-state index in [0.717, 1.165) is 5.69 Å². The summed E-state index contributed by atoms with van der Waals surface area (Å²) in [5, 5.41) is 13.0. The number of hydrogen-bond donors (Lipinski definition) is 1. The minimum absolute atomic E-state index is 0. The van der Waals surface area contributed by atoms with Gasteiger partial charge in [-0.1, -0.05) is 6.07 Å². The number of nitrogens with zero attached hydrogens (tertiary/aromatic N) is 3. The number of carbonyl (C=O) groups excluding carboxylic acids is 1. The molecule has 0 atom stereocenters. The maximum absolute atomic E-state index is 12.3. The van der Waals surface area contributed by atoms with E-state index in [1.54, 1.807) is 25.1 Å². The van der Waals surface area contributed by atoms with E-state index in [0.29, 0.717) is 33.5 Å². The Morgan fingerprint density at radius 3 is 2.85 bits per heavy atom. The van der Waals surface area contributed by atoms with Gasteiger partial charge in [-0.2, -0.15) is 5.26 Å². The first kappa shape index (κ1) is 19.2. The fourth-order valence-corrected chi connectivity index (χ4v) is 2.48. The second kappa shape index (κ2) is 8.28. The van der Waals surface area contributed by atoms with E-state index in [-0.39, 0.29) is 19.0 Å². The summed E-state index contributed by atoms with van der Waals surface area (Å²) in [6.07, 6.45) is 1.46. The molecular formula is C19H17ClN4O2. The van der Waals surface area contributed by atoms with Crippen molar-refractivity contribution in [3.05, 3.63) is 59.4 Å². The molecule has 7 heteroatoms. The summed E-state index contributed by atoms with van der Waals surface area (Å²) >= 11 is 0. The van der Waals surface area contributed by atoms with Gasteiger partial charge in [-0.15, -0.1) is 12.4 Å². The molecule has 0 saturated carbocycles. The molecule has 2 aromatic heterocycles. The van der Waals surface area contributed by atoms with Gasteiger partial charge in [0.15, 0.2) is 5.65 Å². The van der Waals surface area contributed by atoms with Crippen molar-refractivity contribution >= 4 is 40.8 Å². The van der Waals surface area contributed by atoms with Crippen LogP contribution in [-0.4, -0.2) is 22.5 Å². The van der Waals surface area contributed by atoms with Crippen LogP contribution in [0.15, 0.2) is 42.6 Å². The van der Waals surface area contributed by atoms with Crippen molar-refractivity contribution in [3.8, 4) is 6.07 Å². The Kier molecular flexibility index (Phi) is 6.10. The Bertz CT molecular complexity index is 998. The number of rotatable bonds is 4. The van der Waals surface area contributed by atoms with E-state index < -0.39 is 5.97 Å². The number of aryl methyl sites for hydroxylation is 1. The molecule has 0 aliphatic rings. The van der Waals surface area contributed by atoms with Crippen molar-refractivity contribution < 1.29 is 9.53 Å². The molecule has 0 fully saturated rings. The van der Waals surface area contributed by atoms with Gasteiger partial charge in [0.25, 0.3) is 0 Å². The minimum atomic E-state index is -0.462. The molecule has 0 aliphatic carbocycles. The average Bonchev–Trinajstić information content (AvgIpc) is 2.62. The third kappa shape index (κ3) is 3.90. The van der Waals surface area contributed by atoms with Gasteiger partial charge >= 0.3 is 5.97 Å². The number of anilines is 2. The molecule has 26 heavy (non-hydrogen) atoms. The smallest absolute Gasteiger partial charge is 0.341 e. The molecule has 1 aromatic carbocycles. The number of nitriles is 1. The van der Waals surface area contributed by atoms with Gasteiger partial charge in [-0.25, -0.2) is 14.8 Å². The Hall–Kier alpha value is -3.17. The molecule has 1 N–H and O–H groups in total. The van der Waals surface area contributed by atoms with Crippen LogP contribution < -0.4 is 5.32 Å². The second-order valence-electron chi connectivity index (χ2n) is 5.41. The summed E-state index contributed by atoms with van der Waals surface area (Å²) in [5.41, 5.74) is 3.47. The molecule has 3 rings (SSSR count). The highest BCUT2D eigenvalue weighted by Gasteiger charge is 2.17. The van der Waals surface area contributed by atoms with Crippen LogP contribution in [0.25, 0.3) is 11.0 Å². The van der Waals surface area contributed by atoms with Crippen LogP contribution >= 0.6 is 12.4 Å². The number of ether oxygens (including phenoxy) is 1. The first-order valence-electron chi connectivity index (χ1n) is 7.83. The van der Waals surface area contributed by atoms with Gasteiger partial charge in [0.05, 0.1) is 23.9 Å². The highest BCUT2D eigenvalue weighted by atomic mass is 35.5. The first-order valence-corrected chi connectivity index (χ1v) is 7.83. The van der Waals surface area contributed by atoms with Crippen LogP contribution in [0.1, 0.15) is 28.5 Å². The highest BCUT2D eigenvalue weighted by Crippen LogP contribution is 2.29. The van der Waals surface area contributed by atoms with E-state index in [4.69, 9.17) is 10.00 Å². The molecule has 6 nitrogen and oxygen atoms in total. The van der Waals surface area contributed by atoms with Crippen LogP contribution in [0.4, 0.5) is 11.4 Å². The molecular weight excluding hydrogens is 352 g/mol. The lowest BCUT2D eigenvalue weighted by Crippen LogP contribution is -2.09. The van der Waals surface area contributed by atoms with Crippen molar-refractivity contribution in [1.29, 1.82) is 5.26 Å². The lowest BCUT2D eigenvalue weighted by atomic mass is 10.1. The molecule has 0 unspecified atom stereocenters. The van der Waals surface area contributed by atoms with Crippen LogP contribution in [0.5, 0.6) is 0 Å². The zero-order chi connectivity index (χ0) is 17.8. The van der Waals surface area contributed by atoms with Gasteiger partial charge in [0, 0.05) is 23.0 Å². The molecule has 0 amide bonds. The number of pyridine rings is 2. The summed E-state index contributed by atoms with van der Waals surface area (Å²) < 4.78 is 5.13. The molecule has 0 aliphatic heterocycles. The number of esters is 1. The van der Waals surface area contributed by atoms with Crippen LogP contribution in [0, 0.1) is 18.3 Å². The normalized spacial score (nSPS) is 9.88. The zero-order valence-corrected chi connectivity index (χ0v) is 15.1. The number of fused-ring (bicyclic) bond motifs is 1. The van der Waals surface area contributed by atoms with Crippen molar-refractivity contribution in [2.75, 3.05) is 11.9 Å². The average molecular weight is 369 g/mol. The topological polar surface area (TPSA) is 87.9 Å². The number of hydrogen-bond acceptors (Lipinski definition) is 6. The molecule has 3 aromatic rings. The summed E-state index contributed by atoms with van der Waals surface area (Å²) in [4.78, 5) is 21.0. The Morgan fingerprint density at radius 1 is 1.31 bits per heavy atom. The molecule has 0 radical (unpaired) electrons. The zero-order valence-electron chi connectivity index (χ0n) is 14.3. The summed E-state index contributed by atoms with van der Waals surface area (Å²) in [6, 6.07) is 12.8. The number of carbonyl (C=O) groups is 1. The third-order valence-corrected chi connectivity index (χ3v) is 3.63. The fraction of sp³-hybridized carbons (Fsp3) is 0.158. The number of nitrogens with one attached hydrogen (secondary N) is 1. The summed E-state index contributed by atoms with van der Waals surface area (Å²) in [6.45, 7) is 3.90. The maximum atomic E-state index is 12.3. The maximum Gasteiger partial charge on any atom is 0.341 e. The van der Waals surface area contributed by atoms with Gasteiger partial charge in [-0.3, -0.25) is 0 Å². The van der Waals surface area contributed by atoms with Crippen molar-refractivity contribution in [3.63, 3.8) is 0 Å². The SMILES string of the molecule is CCOC(=O)c1cnc2nc(C)ccc2c1Nc1cccc(C#N)c1.Cl. The Morgan fingerprint density at radius 2 is 2.12 bits per heavy atom. The molecule has 0 bridgehead atoms. The minimum Gasteiger partial charge on any atom is -0.462 e. The molecule has 0 saturated heterocycles. The Balaban J connectivity index is 0.00000243. The molecule has 2 heterocycles. The van der Waals surface area contributed by atoms with Gasteiger partial charge < -0.3 is 10.1 Å². The van der Waals surface area contributed by atoms with Crippen molar-refractivity contribution in [1.82, 2.24) is 9.97 Å². The highest BCUT2D eigenvalue weighted by molar-refractivity contribution is 6.05. The molecule has 0 spiro atoms. The fourth-order valence-electron chi connectivity index (χ4n) is 2.48. The van der Waals surface area contributed by atoms with E-state index in [2.05, 4.69) is 21.4 Å². The lowest BCUT2D eigenvalue weighted by molar-refractivity contribution is 0.0527. The number of aromatic nitrogens is 2. The number of benzene rings is 1. The monoisotopic (exact) mass is 368 g/mol. The predicted octanol–water partition coefficient (Wildman–Crippen LogP) is 4.15. The van der Waals surface area contributed by atoms with Gasteiger partial charge in [0.2, 0.25) is 0 Å². The number of halogens is 1. The Labute approximate surface area is 157 Å². The summed E-state index contributed by atoms with van der Waals surface area (Å²) in [7, 11) is 0. The first-order chi connectivity index (χ1) is 12.1. The van der Waals surface area contributed by atoms with Gasteiger partial charge in [0.1, 0.15) is 5.56 Å². The van der Waals surface area contributed by atoms with Gasteiger partial charge in [-0.05, 0) is 44.2 Å². The van der Waals surface area contributed by atoms with Crippen LogP contribution in [0.3, 0.4) is 0 Å². The van der Waals surface area contributed by atoms with E-state index >= 15 is 0 Å². The van der Waals surface area contributed by atoms with Crippen molar-refractivity contribution in [2.24, 2.45) is 0 Å². The predicted molar refractivity (Wildman–Crippen MR) is 102 cm³/mol. The second-order valence-corrected chi connectivity index (χ2v) is 5.41. The third-order valence-electron chi connectivity index (χ3n) is 3.63. The van der Waals surface area contributed by atoms with E-state index in [9.17, 15) is 4.79 Å². The van der Waals surface area contributed by atoms with Crippen LogP contribution in [0.2, 0.25) is 0 Å². The lowest BCUT2D eigenvalue weighted by Gasteiger charge is -2.14. The van der Waals surface area contributed by atoms with Crippen LogP contribution in [-0.2, 0) is 4.74 Å².